The van der Waals surface area contributed by atoms with Gasteiger partial charge in [-0.05, 0) is 48.0 Å². The van der Waals surface area contributed by atoms with Crippen LogP contribution in [0.5, 0.6) is 17.2 Å². The number of ketones is 1. The molecule has 0 amide bonds. The van der Waals surface area contributed by atoms with Gasteiger partial charge in [0.15, 0.2) is 5.76 Å². The number of benzene rings is 3. The number of ether oxygens (including phenoxy) is 3. The third kappa shape index (κ3) is 3.49. The van der Waals surface area contributed by atoms with Crippen LogP contribution in [0.3, 0.4) is 0 Å². The number of hydrogen-bond acceptors (Lipinski definition) is 6. The fourth-order valence-electron chi connectivity index (χ4n) is 4.66. The molecule has 7 nitrogen and oxygen atoms in total. The van der Waals surface area contributed by atoms with Gasteiger partial charge in [0.2, 0.25) is 5.78 Å². The number of rotatable bonds is 3. The van der Waals surface area contributed by atoms with Crippen molar-refractivity contribution < 1.29 is 23.8 Å². The molecule has 2 aliphatic rings. The Kier molecular flexibility index (Phi) is 4.77. The predicted octanol–water partition coefficient (Wildman–Crippen LogP) is 4.59. The van der Waals surface area contributed by atoms with Crippen LogP contribution in [0.4, 0.5) is 0 Å². The molecule has 2 aliphatic heterocycles. The average molecular weight is 465 g/mol. The Hall–Kier alpha value is -4.65. The number of esters is 1. The molecule has 0 aliphatic carbocycles. The van der Waals surface area contributed by atoms with Gasteiger partial charge in [-0.2, -0.15) is 0 Å². The molecule has 172 valence electrons. The topological polar surface area (TPSA) is 94.7 Å². The zero-order valence-corrected chi connectivity index (χ0v) is 18.7. The van der Waals surface area contributed by atoms with Crippen LogP contribution in [-0.2, 0) is 4.79 Å². The fourth-order valence-corrected chi connectivity index (χ4v) is 4.66. The average Bonchev–Trinajstić information content (AvgIpc) is 3.18. The molecule has 0 radical (unpaired) electrons. The normalized spacial score (nSPS) is 17.6. The number of pyridine rings is 1. The van der Waals surface area contributed by atoms with Gasteiger partial charge >= 0.3 is 5.97 Å². The van der Waals surface area contributed by atoms with E-state index in [1.165, 1.54) is 0 Å². The molecule has 0 fully saturated rings. The second kappa shape index (κ2) is 7.99. The summed E-state index contributed by atoms with van der Waals surface area (Å²) in [4.78, 5) is 41.6. The van der Waals surface area contributed by atoms with Crippen LogP contribution in [0, 0.1) is 0 Å². The van der Waals surface area contributed by atoms with Crippen LogP contribution in [-0.4, -0.2) is 23.8 Å². The third-order valence-electron chi connectivity index (χ3n) is 6.33. The van der Waals surface area contributed by atoms with E-state index in [9.17, 15) is 14.4 Å². The van der Waals surface area contributed by atoms with Gasteiger partial charge in [0.1, 0.15) is 17.2 Å². The van der Waals surface area contributed by atoms with Crippen molar-refractivity contribution in [3.05, 3.63) is 105 Å². The second-order valence-electron chi connectivity index (χ2n) is 8.44. The van der Waals surface area contributed by atoms with Crippen LogP contribution in [0.2, 0.25) is 0 Å². The molecule has 0 bridgehead atoms. The highest BCUT2D eigenvalue weighted by Gasteiger charge is 2.39. The van der Waals surface area contributed by atoms with E-state index in [4.69, 9.17) is 14.2 Å². The number of carbonyl (C=O) groups excluding carboxylic acids is 2. The molecule has 1 N–H and O–H groups in total. The van der Waals surface area contributed by atoms with E-state index < -0.39 is 11.9 Å². The summed E-state index contributed by atoms with van der Waals surface area (Å²) >= 11 is 0. The van der Waals surface area contributed by atoms with Gasteiger partial charge < -0.3 is 19.2 Å². The highest BCUT2D eigenvalue weighted by Crippen LogP contribution is 2.48. The van der Waals surface area contributed by atoms with Crippen molar-refractivity contribution in [1.82, 2.24) is 4.98 Å². The summed E-state index contributed by atoms with van der Waals surface area (Å²) in [6.45, 7) is 0. The van der Waals surface area contributed by atoms with E-state index in [2.05, 4.69) is 4.98 Å². The fraction of sp³-hybridized carbons (Fsp3) is 0.107. The molecule has 4 aromatic rings. The largest absolute Gasteiger partial charge is 0.497 e. The Morgan fingerprint density at radius 3 is 2.60 bits per heavy atom. The molecule has 1 aromatic heterocycles. The minimum absolute atomic E-state index is 0.0582. The Labute approximate surface area is 199 Å². The lowest BCUT2D eigenvalue weighted by atomic mass is 9.85. The molecular formula is C28H19NO6. The lowest BCUT2D eigenvalue weighted by Crippen LogP contribution is -2.26. The smallest absolute Gasteiger partial charge is 0.312 e. The standard InChI is InChI=1S/C28H19NO6/c1-33-17-7-9-21-16(12-17)13-20(28(32)29-21)19-14-24(30)34-22-10-8-18-26(31)23(35-27(18)25(19)22)11-15-5-3-2-4-6-15/h2-13,19H,14H2,1H3,(H,29,32)/b23-11-. The summed E-state index contributed by atoms with van der Waals surface area (Å²) in [6.07, 6.45) is 1.62. The summed E-state index contributed by atoms with van der Waals surface area (Å²) in [5.41, 5.74) is 2.41. The van der Waals surface area contributed by atoms with Gasteiger partial charge in [-0.25, -0.2) is 0 Å². The van der Waals surface area contributed by atoms with Crippen molar-refractivity contribution >= 4 is 28.7 Å². The van der Waals surface area contributed by atoms with Crippen molar-refractivity contribution in [3.8, 4) is 17.2 Å². The first-order chi connectivity index (χ1) is 17.0. The Morgan fingerprint density at radius 2 is 1.80 bits per heavy atom. The number of fused-ring (bicyclic) bond motifs is 4. The number of H-pyrrole nitrogens is 1. The lowest BCUT2D eigenvalue weighted by molar-refractivity contribution is -0.135. The monoisotopic (exact) mass is 465 g/mol. The number of methoxy groups -OCH3 is 1. The minimum atomic E-state index is -0.649. The summed E-state index contributed by atoms with van der Waals surface area (Å²) in [6, 6.07) is 19.6. The van der Waals surface area contributed by atoms with Crippen LogP contribution >= 0.6 is 0 Å². The highest BCUT2D eigenvalue weighted by atomic mass is 16.5. The Balaban J connectivity index is 1.51. The van der Waals surface area contributed by atoms with E-state index in [0.29, 0.717) is 33.7 Å². The summed E-state index contributed by atoms with van der Waals surface area (Å²) in [5.74, 6) is 0.0407. The molecule has 0 spiro atoms. The number of aromatic nitrogens is 1. The molecular weight excluding hydrogens is 446 g/mol. The maximum absolute atomic E-state index is 13.1. The lowest BCUT2D eigenvalue weighted by Gasteiger charge is -2.26. The quantitative estimate of drug-likeness (QED) is 0.270. The van der Waals surface area contributed by atoms with Gasteiger partial charge in [-0.15, -0.1) is 0 Å². The minimum Gasteiger partial charge on any atom is -0.497 e. The molecule has 3 aromatic carbocycles. The van der Waals surface area contributed by atoms with Gasteiger partial charge in [0.25, 0.3) is 5.56 Å². The first-order valence-electron chi connectivity index (χ1n) is 11.1. The number of aromatic amines is 1. The van der Waals surface area contributed by atoms with Crippen LogP contribution in [0.1, 0.15) is 39.4 Å². The van der Waals surface area contributed by atoms with Gasteiger partial charge in [-0.1, -0.05) is 30.3 Å². The van der Waals surface area contributed by atoms with E-state index in [1.807, 2.05) is 36.4 Å². The van der Waals surface area contributed by atoms with Crippen molar-refractivity contribution in [2.45, 2.75) is 12.3 Å². The van der Waals surface area contributed by atoms with Gasteiger partial charge in [-0.3, -0.25) is 14.4 Å². The first kappa shape index (κ1) is 20.9. The molecule has 1 unspecified atom stereocenters. The predicted molar refractivity (Wildman–Crippen MR) is 129 cm³/mol. The van der Waals surface area contributed by atoms with E-state index in [0.717, 1.165) is 10.9 Å². The molecule has 6 rings (SSSR count). The van der Waals surface area contributed by atoms with Crippen molar-refractivity contribution in [1.29, 1.82) is 0 Å². The number of nitrogens with one attached hydrogen (secondary N) is 1. The zero-order chi connectivity index (χ0) is 24.1. The Bertz CT molecular complexity index is 1620. The van der Waals surface area contributed by atoms with Crippen molar-refractivity contribution in [2.75, 3.05) is 7.11 Å². The van der Waals surface area contributed by atoms with Crippen LogP contribution in [0.25, 0.3) is 17.0 Å². The molecule has 0 saturated heterocycles. The van der Waals surface area contributed by atoms with Gasteiger partial charge in [0.05, 0.1) is 19.1 Å². The SMILES string of the molecule is COc1ccc2[nH]c(=O)c(C3CC(=O)Oc4ccc5c(c43)O/C(=C\c3ccccc3)C5=O)cc2c1. The molecule has 1 atom stereocenters. The second-order valence-corrected chi connectivity index (χ2v) is 8.44. The maximum Gasteiger partial charge on any atom is 0.312 e. The zero-order valence-electron chi connectivity index (χ0n) is 18.7. The summed E-state index contributed by atoms with van der Waals surface area (Å²) in [7, 11) is 1.57. The number of Topliss-reactive ketones (excluding diaryl/α,β-unsaturated/α-hetero) is 1. The van der Waals surface area contributed by atoms with E-state index in [-0.39, 0.29) is 29.3 Å². The van der Waals surface area contributed by atoms with Crippen LogP contribution < -0.4 is 19.8 Å². The highest BCUT2D eigenvalue weighted by molar-refractivity contribution is 6.15. The number of carbonyl (C=O) groups is 2. The number of allylic oxidation sites excluding steroid dienone is 1. The van der Waals surface area contributed by atoms with Crippen molar-refractivity contribution in [2.24, 2.45) is 0 Å². The maximum atomic E-state index is 13.1. The molecule has 0 saturated carbocycles. The summed E-state index contributed by atoms with van der Waals surface area (Å²) in [5, 5.41) is 0.758. The van der Waals surface area contributed by atoms with Gasteiger partial charge in [0, 0.05) is 27.9 Å². The van der Waals surface area contributed by atoms with E-state index in [1.54, 1.807) is 43.5 Å². The molecule has 7 heteroatoms. The van der Waals surface area contributed by atoms with Crippen LogP contribution in [0.15, 0.2) is 77.3 Å². The molecule has 35 heavy (non-hydrogen) atoms. The summed E-state index contributed by atoms with van der Waals surface area (Å²) < 4.78 is 16.9. The number of hydrogen-bond donors (Lipinski definition) is 1. The molecule has 3 heterocycles. The van der Waals surface area contributed by atoms with E-state index >= 15 is 0 Å². The Morgan fingerprint density at radius 1 is 0.971 bits per heavy atom. The third-order valence-corrected chi connectivity index (χ3v) is 6.33. The van der Waals surface area contributed by atoms with Crippen molar-refractivity contribution in [3.63, 3.8) is 0 Å². The first-order valence-corrected chi connectivity index (χ1v) is 11.1.